The molecule has 0 radical (unpaired) electrons. The number of carbonyl (C=O) groups is 2. The first-order chi connectivity index (χ1) is 13.6. The number of likely N-dealkylation sites (tertiary alicyclic amines) is 1. The number of amides is 2. The number of piperidine rings is 1. The topological polar surface area (TPSA) is 62.3 Å². The van der Waals surface area contributed by atoms with E-state index in [1.54, 1.807) is 36.7 Å². The second kappa shape index (κ2) is 7.54. The summed E-state index contributed by atoms with van der Waals surface area (Å²) in [5, 5.41) is 2.81. The number of carbonyl (C=O) groups excluding carboxylic acids is 2. The Labute approximate surface area is 163 Å². The van der Waals surface area contributed by atoms with Crippen molar-refractivity contribution in [2.24, 2.45) is 11.3 Å². The number of hydrogen-bond donors (Lipinski definition) is 1. The molecule has 1 aromatic carbocycles. The van der Waals surface area contributed by atoms with E-state index < -0.39 is 0 Å². The standard InChI is InChI=1S/C22H22FN3O2/c23-17-2-1-3-18(14-17)25-21(28)19-15-22(19)8-12-26(13-9-22)20(27)5-4-16-6-10-24-11-7-16/h1-7,10-11,14,19H,8-9,12-13,15H2,(H,25,28). The SMILES string of the molecule is O=C(Nc1cccc(F)c1)C1CC12CCN(C(=O)C=Cc1ccncc1)CC2. The van der Waals surface area contributed by atoms with Gasteiger partial charge in [-0.1, -0.05) is 6.07 Å². The summed E-state index contributed by atoms with van der Waals surface area (Å²) in [4.78, 5) is 30.7. The van der Waals surface area contributed by atoms with E-state index in [-0.39, 0.29) is 29.0 Å². The van der Waals surface area contributed by atoms with Crippen molar-refractivity contribution in [1.29, 1.82) is 0 Å². The van der Waals surface area contributed by atoms with Crippen LogP contribution >= 0.6 is 0 Å². The molecule has 28 heavy (non-hydrogen) atoms. The minimum atomic E-state index is -0.366. The Kier molecular flexibility index (Phi) is 4.94. The number of pyridine rings is 1. The highest BCUT2D eigenvalue weighted by atomic mass is 19.1. The molecule has 1 aliphatic carbocycles. The van der Waals surface area contributed by atoms with E-state index in [2.05, 4.69) is 10.3 Å². The highest BCUT2D eigenvalue weighted by molar-refractivity contribution is 5.95. The van der Waals surface area contributed by atoms with Gasteiger partial charge in [0, 0.05) is 43.2 Å². The van der Waals surface area contributed by atoms with Crippen LogP contribution in [0.5, 0.6) is 0 Å². The van der Waals surface area contributed by atoms with Gasteiger partial charge in [-0.2, -0.15) is 0 Å². The summed E-state index contributed by atoms with van der Waals surface area (Å²) in [7, 11) is 0. The fourth-order valence-corrected chi connectivity index (χ4v) is 3.99. The van der Waals surface area contributed by atoms with Crippen LogP contribution in [0.3, 0.4) is 0 Å². The van der Waals surface area contributed by atoms with Crippen LogP contribution in [-0.2, 0) is 9.59 Å². The van der Waals surface area contributed by atoms with Crippen LogP contribution in [0.25, 0.3) is 6.08 Å². The van der Waals surface area contributed by atoms with Crippen molar-refractivity contribution in [2.75, 3.05) is 18.4 Å². The first kappa shape index (κ1) is 18.3. The molecule has 1 aliphatic heterocycles. The van der Waals surface area contributed by atoms with Crippen LogP contribution in [0.1, 0.15) is 24.8 Å². The van der Waals surface area contributed by atoms with Crippen molar-refractivity contribution in [3.05, 3.63) is 66.2 Å². The third-order valence-corrected chi connectivity index (χ3v) is 5.79. The van der Waals surface area contributed by atoms with Crippen molar-refractivity contribution in [3.8, 4) is 0 Å². The van der Waals surface area contributed by atoms with Crippen LogP contribution < -0.4 is 5.32 Å². The first-order valence-electron chi connectivity index (χ1n) is 9.49. The normalized spacial score (nSPS) is 20.3. The Morgan fingerprint density at radius 1 is 1.18 bits per heavy atom. The molecule has 4 rings (SSSR count). The quantitative estimate of drug-likeness (QED) is 0.827. The van der Waals surface area contributed by atoms with Gasteiger partial charge in [0.15, 0.2) is 0 Å². The summed E-state index contributed by atoms with van der Waals surface area (Å²) in [6.45, 7) is 1.31. The Morgan fingerprint density at radius 3 is 2.64 bits per heavy atom. The molecule has 1 aromatic heterocycles. The molecule has 2 aliphatic rings. The third kappa shape index (κ3) is 3.96. The van der Waals surface area contributed by atoms with Gasteiger partial charge in [-0.3, -0.25) is 14.6 Å². The lowest BCUT2D eigenvalue weighted by Gasteiger charge is -2.32. The number of nitrogens with zero attached hydrogens (tertiary/aromatic N) is 2. The molecule has 1 atom stereocenters. The van der Waals surface area contributed by atoms with E-state index >= 15 is 0 Å². The van der Waals surface area contributed by atoms with Gasteiger partial charge in [0.1, 0.15) is 5.82 Å². The molecule has 0 bridgehead atoms. The first-order valence-corrected chi connectivity index (χ1v) is 9.49. The van der Waals surface area contributed by atoms with Gasteiger partial charge in [-0.05, 0) is 66.6 Å². The number of rotatable bonds is 4. The average molecular weight is 379 g/mol. The number of nitrogens with one attached hydrogen (secondary N) is 1. The lowest BCUT2D eigenvalue weighted by atomic mass is 9.90. The van der Waals surface area contributed by atoms with E-state index in [4.69, 9.17) is 0 Å². The Hall–Kier alpha value is -3.02. The zero-order valence-electron chi connectivity index (χ0n) is 15.5. The van der Waals surface area contributed by atoms with Crippen molar-refractivity contribution in [3.63, 3.8) is 0 Å². The summed E-state index contributed by atoms with van der Waals surface area (Å²) < 4.78 is 13.3. The fourth-order valence-electron chi connectivity index (χ4n) is 3.99. The van der Waals surface area contributed by atoms with Gasteiger partial charge < -0.3 is 10.2 Å². The molecule has 2 aromatic rings. The third-order valence-electron chi connectivity index (χ3n) is 5.79. The maximum atomic E-state index is 13.3. The molecule has 6 heteroatoms. The highest BCUT2D eigenvalue weighted by Crippen LogP contribution is 2.59. The van der Waals surface area contributed by atoms with Crippen molar-refractivity contribution >= 4 is 23.6 Å². The molecule has 5 nitrogen and oxygen atoms in total. The molecule has 1 saturated heterocycles. The molecule has 1 spiro atoms. The number of hydrogen-bond acceptors (Lipinski definition) is 3. The monoisotopic (exact) mass is 379 g/mol. The Morgan fingerprint density at radius 2 is 1.93 bits per heavy atom. The highest BCUT2D eigenvalue weighted by Gasteiger charge is 2.58. The lowest BCUT2D eigenvalue weighted by molar-refractivity contribution is -0.127. The van der Waals surface area contributed by atoms with Crippen LogP contribution in [0.2, 0.25) is 0 Å². The Balaban J connectivity index is 1.29. The van der Waals surface area contributed by atoms with Crippen molar-refractivity contribution in [2.45, 2.75) is 19.3 Å². The van der Waals surface area contributed by atoms with E-state index in [0.717, 1.165) is 24.8 Å². The number of halogens is 1. The van der Waals surface area contributed by atoms with Gasteiger partial charge in [-0.15, -0.1) is 0 Å². The molecule has 1 unspecified atom stereocenters. The minimum Gasteiger partial charge on any atom is -0.339 e. The summed E-state index contributed by atoms with van der Waals surface area (Å²) in [6.07, 6.45) is 9.25. The fraction of sp³-hybridized carbons (Fsp3) is 0.318. The predicted octanol–water partition coefficient (Wildman–Crippen LogP) is 3.50. The largest absolute Gasteiger partial charge is 0.339 e. The Bertz CT molecular complexity index is 905. The molecule has 1 N–H and O–H groups in total. The second-order valence-electron chi connectivity index (χ2n) is 7.56. The van der Waals surface area contributed by atoms with E-state index in [1.807, 2.05) is 17.0 Å². The van der Waals surface area contributed by atoms with Crippen LogP contribution in [-0.4, -0.2) is 34.8 Å². The zero-order chi connectivity index (χ0) is 19.6. The number of anilines is 1. The summed E-state index contributed by atoms with van der Waals surface area (Å²) >= 11 is 0. The molecule has 144 valence electrons. The predicted molar refractivity (Wildman–Crippen MR) is 105 cm³/mol. The van der Waals surface area contributed by atoms with E-state index in [0.29, 0.717) is 18.8 Å². The van der Waals surface area contributed by atoms with E-state index in [9.17, 15) is 14.0 Å². The van der Waals surface area contributed by atoms with Crippen LogP contribution in [0.4, 0.5) is 10.1 Å². The average Bonchev–Trinajstić information content (AvgIpc) is 3.41. The summed E-state index contributed by atoms with van der Waals surface area (Å²) in [5.74, 6) is -0.480. The smallest absolute Gasteiger partial charge is 0.246 e. The number of aromatic nitrogens is 1. The van der Waals surface area contributed by atoms with Gasteiger partial charge in [0.2, 0.25) is 11.8 Å². The zero-order valence-corrected chi connectivity index (χ0v) is 15.5. The van der Waals surface area contributed by atoms with Gasteiger partial charge >= 0.3 is 0 Å². The number of benzene rings is 1. The summed E-state index contributed by atoms with van der Waals surface area (Å²) in [5.41, 5.74) is 1.41. The maximum absolute atomic E-state index is 13.3. The van der Waals surface area contributed by atoms with Crippen molar-refractivity contribution in [1.82, 2.24) is 9.88 Å². The molecule has 2 fully saturated rings. The molecular weight excluding hydrogens is 357 g/mol. The van der Waals surface area contributed by atoms with Crippen LogP contribution in [0.15, 0.2) is 54.9 Å². The molecule has 2 heterocycles. The molecular formula is C22H22FN3O2. The van der Waals surface area contributed by atoms with Crippen LogP contribution in [0, 0.1) is 17.2 Å². The second-order valence-corrected chi connectivity index (χ2v) is 7.56. The van der Waals surface area contributed by atoms with Gasteiger partial charge in [0.25, 0.3) is 0 Å². The summed E-state index contributed by atoms with van der Waals surface area (Å²) in [6, 6.07) is 9.64. The van der Waals surface area contributed by atoms with E-state index in [1.165, 1.54) is 12.1 Å². The van der Waals surface area contributed by atoms with Gasteiger partial charge in [-0.25, -0.2) is 4.39 Å². The molecule has 1 saturated carbocycles. The maximum Gasteiger partial charge on any atom is 0.246 e. The minimum absolute atomic E-state index is 0.00641. The molecule has 2 amide bonds. The van der Waals surface area contributed by atoms with Gasteiger partial charge in [0.05, 0.1) is 0 Å². The van der Waals surface area contributed by atoms with Crippen molar-refractivity contribution < 1.29 is 14.0 Å². The lowest BCUT2D eigenvalue weighted by Crippen LogP contribution is -2.39.